The SMILES string of the molecule is CSc1nc(C)c(CCC(=O)Nc2c(C)cccc2C(C)C)c(=O)[nH]1. The molecule has 0 aliphatic rings. The molecule has 0 radical (unpaired) electrons. The van der Waals surface area contributed by atoms with Gasteiger partial charge in [-0.25, -0.2) is 4.98 Å². The number of carbonyl (C=O) groups excluding carboxylic acids is 1. The first kappa shape index (κ1) is 19.2. The molecule has 5 nitrogen and oxygen atoms in total. The van der Waals surface area contributed by atoms with Gasteiger partial charge in [0, 0.05) is 23.4 Å². The average Bonchev–Trinajstić information content (AvgIpc) is 2.55. The predicted octanol–water partition coefficient (Wildman–Crippen LogP) is 3.80. The lowest BCUT2D eigenvalue weighted by atomic mass is 9.98. The van der Waals surface area contributed by atoms with Crippen LogP contribution in [0, 0.1) is 13.8 Å². The zero-order valence-corrected chi connectivity index (χ0v) is 16.2. The summed E-state index contributed by atoms with van der Waals surface area (Å²) < 4.78 is 0. The Balaban J connectivity index is 2.12. The van der Waals surface area contributed by atoms with Crippen LogP contribution in [0.4, 0.5) is 5.69 Å². The van der Waals surface area contributed by atoms with Crippen molar-refractivity contribution in [1.82, 2.24) is 9.97 Å². The molecule has 0 spiro atoms. The fraction of sp³-hybridized carbons (Fsp3) is 0.421. The second-order valence-electron chi connectivity index (χ2n) is 6.38. The molecule has 2 aromatic rings. The Kier molecular flexibility index (Phi) is 6.42. The number of hydrogen-bond donors (Lipinski definition) is 2. The molecule has 0 atom stereocenters. The van der Waals surface area contributed by atoms with Crippen LogP contribution in [-0.4, -0.2) is 22.1 Å². The molecule has 0 fully saturated rings. The average molecular weight is 359 g/mol. The zero-order valence-electron chi connectivity index (χ0n) is 15.4. The second-order valence-corrected chi connectivity index (χ2v) is 7.18. The minimum Gasteiger partial charge on any atom is -0.326 e. The highest BCUT2D eigenvalue weighted by Crippen LogP contribution is 2.27. The molecule has 134 valence electrons. The van der Waals surface area contributed by atoms with Gasteiger partial charge in [0.15, 0.2) is 5.16 Å². The van der Waals surface area contributed by atoms with E-state index < -0.39 is 0 Å². The highest BCUT2D eigenvalue weighted by Gasteiger charge is 2.14. The van der Waals surface area contributed by atoms with Crippen LogP contribution in [0.2, 0.25) is 0 Å². The number of nitrogens with one attached hydrogen (secondary N) is 2. The van der Waals surface area contributed by atoms with Crippen LogP contribution in [0.15, 0.2) is 28.2 Å². The van der Waals surface area contributed by atoms with Gasteiger partial charge in [-0.2, -0.15) is 0 Å². The van der Waals surface area contributed by atoms with E-state index in [1.165, 1.54) is 11.8 Å². The molecule has 0 bridgehead atoms. The fourth-order valence-electron chi connectivity index (χ4n) is 2.76. The van der Waals surface area contributed by atoms with Gasteiger partial charge in [0.25, 0.3) is 5.56 Å². The summed E-state index contributed by atoms with van der Waals surface area (Å²) in [4.78, 5) is 31.6. The number of carbonyl (C=O) groups is 1. The molecule has 2 N–H and O–H groups in total. The number of amides is 1. The van der Waals surface area contributed by atoms with E-state index in [1.54, 1.807) is 6.92 Å². The number of aromatic nitrogens is 2. The molecule has 1 aromatic heterocycles. The molecular formula is C19H25N3O2S. The van der Waals surface area contributed by atoms with Gasteiger partial charge < -0.3 is 10.3 Å². The maximum Gasteiger partial charge on any atom is 0.254 e. The van der Waals surface area contributed by atoms with Gasteiger partial charge in [0.2, 0.25) is 5.91 Å². The summed E-state index contributed by atoms with van der Waals surface area (Å²) in [6.07, 6.45) is 2.48. The van der Waals surface area contributed by atoms with Crippen LogP contribution < -0.4 is 10.9 Å². The first-order valence-corrected chi connectivity index (χ1v) is 9.59. The quantitative estimate of drug-likeness (QED) is 0.608. The van der Waals surface area contributed by atoms with Gasteiger partial charge in [0.1, 0.15) is 0 Å². The smallest absolute Gasteiger partial charge is 0.254 e. The van der Waals surface area contributed by atoms with Crippen LogP contribution in [-0.2, 0) is 11.2 Å². The minimum absolute atomic E-state index is 0.0936. The number of thioether (sulfide) groups is 1. The molecule has 0 aliphatic carbocycles. The molecule has 25 heavy (non-hydrogen) atoms. The van der Waals surface area contributed by atoms with Crippen molar-refractivity contribution in [3.05, 3.63) is 50.9 Å². The van der Waals surface area contributed by atoms with E-state index in [1.807, 2.05) is 31.4 Å². The zero-order chi connectivity index (χ0) is 18.6. The third-order valence-corrected chi connectivity index (χ3v) is 4.77. The molecule has 1 heterocycles. The van der Waals surface area contributed by atoms with Crippen molar-refractivity contribution in [2.75, 3.05) is 11.6 Å². The predicted molar refractivity (Wildman–Crippen MR) is 104 cm³/mol. The largest absolute Gasteiger partial charge is 0.326 e. The van der Waals surface area contributed by atoms with Gasteiger partial charge in [-0.1, -0.05) is 43.8 Å². The Labute approximate surface area is 152 Å². The number of aryl methyl sites for hydroxylation is 2. The molecule has 6 heteroatoms. The summed E-state index contributed by atoms with van der Waals surface area (Å²) in [6.45, 7) is 8.00. The number of H-pyrrole nitrogens is 1. The molecule has 0 saturated carbocycles. The van der Waals surface area contributed by atoms with Crippen molar-refractivity contribution >= 4 is 23.4 Å². The molecule has 0 saturated heterocycles. The number of nitrogens with zero attached hydrogens (tertiary/aromatic N) is 1. The topological polar surface area (TPSA) is 74.8 Å². The van der Waals surface area contributed by atoms with Crippen LogP contribution in [0.3, 0.4) is 0 Å². The van der Waals surface area contributed by atoms with Gasteiger partial charge in [-0.15, -0.1) is 0 Å². The first-order valence-electron chi connectivity index (χ1n) is 8.36. The normalized spacial score (nSPS) is 11.0. The summed E-state index contributed by atoms with van der Waals surface area (Å²) in [6, 6.07) is 6.02. The third-order valence-electron chi connectivity index (χ3n) is 4.19. The Morgan fingerprint density at radius 1 is 1.32 bits per heavy atom. The standard InChI is InChI=1S/C19H25N3O2S/c1-11(2)14-8-6-7-12(3)17(14)21-16(23)10-9-15-13(4)20-19(25-5)22-18(15)24/h6-8,11H,9-10H2,1-5H3,(H,21,23)(H,20,22,24). The number of hydrogen-bond acceptors (Lipinski definition) is 4. The van der Waals surface area contributed by atoms with Crippen molar-refractivity contribution in [1.29, 1.82) is 0 Å². The van der Waals surface area contributed by atoms with Gasteiger partial charge >= 0.3 is 0 Å². The molecule has 1 amide bonds. The molecule has 0 aliphatic heterocycles. The number of para-hydroxylation sites is 1. The van der Waals surface area contributed by atoms with E-state index in [-0.39, 0.29) is 17.9 Å². The summed E-state index contributed by atoms with van der Waals surface area (Å²) in [5.74, 6) is 0.229. The minimum atomic E-state index is -0.164. The van der Waals surface area contributed by atoms with Crippen LogP contribution in [0.5, 0.6) is 0 Å². The lowest BCUT2D eigenvalue weighted by molar-refractivity contribution is -0.116. The van der Waals surface area contributed by atoms with Gasteiger partial charge in [-0.3, -0.25) is 9.59 Å². The van der Waals surface area contributed by atoms with Gasteiger partial charge in [-0.05, 0) is 43.6 Å². The summed E-state index contributed by atoms with van der Waals surface area (Å²) in [5, 5.41) is 3.61. The Morgan fingerprint density at radius 3 is 2.64 bits per heavy atom. The summed E-state index contributed by atoms with van der Waals surface area (Å²) in [5.41, 5.74) is 4.13. The van der Waals surface area contributed by atoms with Crippen molar-refractivity contribution in [3.8, 4) is 0 Å². The van der Waals surface area contributed by atoms with E-state index in [9.17, 15) is 9.59 Å². The maximum atomic E-state index is 12.4. The molecule has 0 unspecified atom stereocenters. The van der Waals surface area contributed by atoms with E-state index in [2.05, 4.69) is 29.1 Å². The van der Waals surface area contributed by atoms with Crippen molar-refractivity contribution in [2.45, 2.75) is 51.6 Å². The maximum absolute atomic E-state index is 12.4. The van der Waals surface area contributed by atoms with Crippen molar-refractivity contribution < 1.29 is 4.79 Å². The van der Waals surface area contributed by atoms with E-state index in [0.717, 1.165) is 16.8 Å². The number of benzene rings is 1. The lowest BCUT2D eigenvalue weighted by Gasteiger charge is -2.16. The second kappa shape index (κ2) is 8.34. The molecular weight excluding hydrogens is 334 g/mol. The van der Waals surface area contributed by atoms with E-state index in [4.69, 9.17) is 0 Å². The van der Waals surface area contributed by atoms with Crippen LogP contribution in [0.1, 0.15) is 48.6 Å². The van der Waals surface area contributed by atoms with E-state index in [0.29, 0.717) is 28.8 Å². The van der Waals surface area contributed by atoms with Gasteiger partial charge in [0.05, 0.1) is 0 Å². The Bertz CT molecular complexity index is 828. The lowest BCUT2D eigenvalue weighted by Crippen LogP contribution is -2.20. The van der Waals surface area contributed by atoms with Crippen LogP contribution >= 0.6 is 11.8 Å². The number of rotatable bonds is 6. The number of aromatic amines is 1. The Morgan fingerprint density at radius 2 is 2.04 bits per heavy atom. The monoisotopic (exact) mass is 359 g/mol. The highest BCUT2D eigenvalue weighted by molar-refractivity contribution is 7.98. The number of anilines is 1. The Hall–Kier alpha value is -2.08. The highest BCUT2D eigenvalue weighted by atomic mass is 32.2. The third kappa shape index (κ3) is 4.72. The summed E-state index contributed by atoms with van der Waals surface area (Å²) in [7, 11) is 0. The fourth-order valence-corrected chi connectivity index (χ4v) is 3.18. The van der Waals surface area contributed by atoms with Crippen molar-refractivity contribution in [2.24, 2.45) is 0 Å². The van der Waals surface area contributed by atoms with Crippen molar-refractivity contribution in [3.63, 3.8) is 0 Å². The summed E-state index contributed by atoms with van der Waals surface area (Å²) >= 11 is 1.39. The molecule has 1 aromatic carbocycles. The van der Waals surface area contributed by atoms with E-state index >= 15 is 0 Å². The molecule has 2 rings (SSSR count). The van der Waals surface area contributed by atoms with Crippen LogP contribution in [0.25, 0.3) is 0 Å². The first-order chi connectivity index (χ1) is 11.8.